The van der Waals surface area contributed by atoms with E-state index in [-0.39, 0.29) is 18.1 Å². The van der Waals surface area contributed by atoms with Crippen molar-refractivity contribution in [2.24, 2.45) is 0 Å². The Bertz CT molecular complexity index is 191. The molecule has 1 amide bonds. The summed E-state index contributed by atoms with van der Waals surface area (Å²) in [7, 11) is 0. The van der Waals surface area contributed by atoms with Gasteiger partial charge < -0.3 is 10.4 Å². The maximum atomic E-state index is 11.2. The van der Waals surface area contributed by atoms with Gasteiger partial charge in [0.25, 0.3) is 0 Å². The molecule has 1 aliphatic rings. The molecule has 2 N–H and O–H groups in total. The Hall–Kier alpha value is -0.830. The highest BCUT2D eigenvalue weighted by Gasteiger charge is 2.23. The fourth-order valence-electron chi connectivity index (χ4n) is 1.68. The van der Waals surface area contributed by atoms with Crippen LogP contribution in [0, 0.1) is 0 Å². The van der Waals surface area contributed by atoms with Crippen LogP contribution >= 0.6 is 0 Å². The van der Waals surface area contributed by atoms with Crippen LogP contribution in [0.5, 0.6) is 0 Å². The molecular formula is C10H17NO2. The number of carbonyl (C=O) groups is 1. The first-order valence-electron chi connectivity index (χ1n) is 4.82. The molecule has 3 nitrogen and oxygen atoms in total. The average molecular weight is 183 g/mol. The lowest BCUT2D eigenvalue weighted by atomic mass is 9.92. The Labute approximate surface area is 78.8 Å². The van der Waals surface area contributed by atoms with E-state index in [4.69, 9.17) is 0 Å². The molecule has 0 aromatic carbocycles. The van der Waals surface area contributed by atoms with Crippen LogP contribution in [0.15, 0.2) is 12.7 Å². The Morgan fingerprint density at radius 1 is 1.54 bits per heavy atom. The second kappa shape index (κ2) is 5.02. The van der Waals surface area contributed by atoms with Gasteiger partial charge >= 0.3 is 0 Å². The number of hydrogen-bond acceptors (Lipinski definition) is 2. The van der Waals surface area contributed by atoms with Crippen LogP contribution in [-0.2, 0) is 4.79 Å². The standard InChI is InChI=1S/C10H17NO2/c1-2-5-10(13)11-8-6-3-4-7-9(8)12/h2,8-9,12H,1,3-7H2,(H,11,13)/t8-,9-/m1/s1. The SMILES string of the molecule is C=CCC(=O)N[C@@H]1CCCC[C@H]1O. The van der Waals surface area contributed by atoms with Crippen molar-refractivity contribution in [3.05, 3.63) is 12.7 Å². The molecule has 0 saturated heterocycles. The lowest BCUT2D eigenvalue weighted by molar-refractivity contribution is -0.122. The van der Waals surface area contributed by atoms with Crippen molar-refractivity contribution >= 4 is 5.91 Å². The molecule has 2 atom stereocenters. The van der Waals surface area contributed by atoms with Crippen molar-refractivity contribution in [3.63, 3.8) is 0 Å². The molecule has 0 heterocycles. The molecule has 0 unspecified atom stereocenters. The molecule has 0 radical (unpaired) electrons. The summed E-state index contributed by atoms with van der Waals surface area (Å²) >= 11 is 0. The molecule has 0 spiro atoms. The van der Waals surface area contributed by atoms with Gasteiger partial charge in [0.15, 0.2) is 0 Å². The van der Waals surface area contributed by atoms with Crippen molar-refractivity contribution in [1.82, 2.24) is 5.32 Å². The van der Waals surface area contributed by atoms with Gasteiger partial charge in [-0.05, 0) is 12.8 Å². The summed E-state index contributed by atoms with van der Waals surface area (Å²) < 4.78 is 0. The number of carbonyl (C=O) groups excluding carboxylic acids is 1. The molecule has 0 bridgehead atoms. The molecule has 0 aromatic heterocycles. The molecule has 1 rings (SSSR count). The van der Waals surface area contributed by atoms with Crippen LogP contribution in [0.1, 0.15) is 32.1 Å². The van der Waals surface area contributed by atoms with Crippen molar-refractivity contribution in [1.29, 1.82) is 0 Å². The van der Waals surface area contributed by atoms with Gasteiger partial charge in [0.2, 0.25) is 5.91 Å². The van der Waals surface area contributed by atoms with Gasteiger partial charge in [0, 0.05) is 6.42 Å². The summed E-state index contributed by atoms with van der Waals surface area (Å²) in [4.78, 5) is 11.2. The number of amides is 1. The summed E-state index contributed by atoms with van der Waals surface area (Å²) in [6.07, 6.45) is 5.41. The maximum absolute atomic E-state index is 11.2. The van der Waals surface area contributed by atoms with Gasteiger partial charge in [0.05, 0.1) is 12.1 Å². The van der Waals surface area contributed by atoms with Gasteiger partial charge in [-0.1, -0.05) is 18.9 Å². The van der Waals surface area contributed by atoms with E-state index in [1.165, 1.54) is 0 Å². The predicted molar refractivity (Wildman–Crippen MR) is 51.2 cm³/mol. The third-order valence-electron chi connectivity index (χ3n) is 2.41. The summed E-state index contributed by atoms with van der Waals surface area (Å²) in [5.41, 5.74) is 0. The molecule has 1 aliphatic carbocycles. The number of rotatable bonds is 3. The quantitative estimate of drug-likeness (QED) is 0.641. The van der Waals surface area contributed by atoms with Crippen molar-refractivity contribution in [2.75, 3.05) is 0 Å². The Morgan fingerprint density at radius 3 is 2.85 bits per heavy atom. The first kappa shape index (κ1) is 10.3. The average Bonchev–Trinajstić information content (AvgIpc) is 2.09. The number of nitrogens with one attached hydrogen (secondary N) is 1. The highest BCUT2D eigenvalue weighted by molar-refractivity contribution is 5.77. The van der Waals surface area contributed by atoms with Crippen molar-refractivity contribution in [2.45, 2.75) is 44.2 Å². The van der Waals surface area contributed by atoms with Crippen LogP contribution in [-0.4, -0.2) is 23.2 Å². The second-order valence-electron chi connectivity index (χ2n) is 3.52. The molecule has 1 saturated carbocycles. The summed E-state index contributed by atoms with van der Waals surface area (Å²) in [6, 6.07) is -0.0406. The molecule has 0 aliphatic heterocycles. The molecular weight excluding hydrogens is 166 g/mol. The summed E-state index contributed by atoms with van der Waals surface area (Å²) in [5.74, 6) is -0.0408. The smallest absolute Gasteiger partial charge is 0.224 e. The van der Waals surface area contributed by atoms with E-state index in [2.05, 4.69) is 11.9 Å². The van der Waals surface area contributed by atoms with Crippen LogP contribution < -0.4 is 5.32 Å². The Kier molecular flexibility index (Phi) is 3.96. The fourth-order valence-corrected chi connectivity index (χ4v) is 1.68. The monoisotopic (exact) mass is 183 g/mol. The number of hydrogen-bond donors (Lipinski definition) is 2. The molecule has 74 valence electrons. The summed E-state index contributed by atoms with van der Waals surface area (Å²) in [6.45, 7) is 3.49. The fraction of sp³-hybridized carbons (Fsp3) is 0.700. The third kappa shape index (κ3) is 3.19. The van der Waals surface area contributed by atoms with Gasteiger partial charge in [-0.3, -0.25) is 4.79 Å². The third-order valence-corrected chi connectivity index (χ3v) is 2.41. The molecule has 13 heavy (non-hydrogen) atoms. The summed E-state index contributed by atoms with van der Waals surface area (Å²) in [5, 5.41) is 12.4. The Balaban J connectivity index is 2.33. The van der Waals surface area contributed by atoms with Crippen LogP contribution in [0.3, 0.4) is 0 Å². The first-order valence-corrected chi connectivity index (χ1v) is 4.82. The largest absolute Gasteiger partial charge is 0.391 e. The molecule has 0 aromatic rings. The minimum Gasteiger partial charge on any atom is -0.391 e. The van der Waals surface area contributed by atoms with E-state index in [0.717, 1.165) is 25.7 Å². The lowest BCUT2D eigenvalue weighted by Crippen LogP contribution is -2.44. The number of aliphatic hydroxyl groups excluding tert-OH is 1. The van der Waals surface area contributed by atoms with Crippen LogP contribution in [0.4, 0.5) is 0 Å². The van der Waals surface area contributed by atoms with Crippen molar-refractivity contribution < 1.29 is 9.90 Å². The predicted octanol–water partition coefficient (Wildman–Crippen LogP) is 0.982. The highest BCUT2D eigenvalue weighted by atomic mass is 16.3. The zero-order chi connectivity index (χ0) is 9.68. The highest BCUT2D eigenvalue weighted by Crippen LogP contribution is 2.18. The number of aliphatic hydroxyl groups is 1. The molecule has 3 heteroatoms. The van der Waals surface area contributed by atoms with E-state index in [1.54, 1.807) is 6.08 Å². The maximum Gasteiger partial charge on any atom is 0.224 e. The van der Waals surface area contributed by atoms with E-state index >= 15 is 0 Å². The van der Waals surface area contributed by atoms with Gasteiger partial charge in [-0.25, -0.2) is 0 Å². The normalized spacial score (nSPS) is 28.1. The second-order valence-corrected chi connectivity index (χ2v) is 3.52. The van der Waals surface area contributed by atoms with E-state index in [0.29, 0.717) is 6.42 Å². The van der Waals surface area contributed by atoms with Gasteiger partial charge in [-0.2, -0.15) is 0 Å². The van der Waals surface area contributed by atoms with Crippen LogP contribution in [0.25, 0.3) is 0 Å². The zero-order valence-electron chi connectivity index (χ0n) is 7.83. The van der Waals surface area contributed by atoms with E-state index in [9.17, 15) is 9.90 Å². The van der Waals surface area contributed by atoms with Gasteiger partial charge in [0.1, 0.15) is 0 Å². The molecule has 1 fully saturated rings. The minimum atomic E-state index is -0.359. The van der Waals surface area contributed by atoms with Gasteiger partial charge in [-0.15, -0.1) is 6.58 Å². The first-order chi connectivity index (χ1) is 6.24. The lowest BCUT2D eigenvalue weighted by Gasteiger charge is -2.28. The Morgan fingerprint density at radius 2 is 2.23 bits per heavy atom. The van der Waals surface area contributed by atoms with Crippen molar-refractivity contribution in [3.8, 4) is 0 Å². The topological polar surface area (TPSA) is 49.3 Å². The minimum absolute atomic E-state index is 0.0406. The zero-order valence-corrected chi connectivity index (χ0v) is 7.83. The van der Waals surface area contributed by atoms with E-state index < -0.39 is 0 Å². The van der Waals surface area contributed by atoms with E-state index in [1.807, 2.05) is 0 Å². The van der Waals surface area contributed by atoms with Crippen LogP contribution in [0.2, 0.25) is 0 Å².